The molecule has 0 radical (unpaired) electrons. The highest BCUT2D eigenvalue weighted by Gasteiger charge is 2.17. The Morgan fingerprint density at radius 3 is 2.67 bits per heavy atom. The van der Waals surface area contributed by atoms with Crippen LogP contribution in [0, 0.1) is 0 Å². The second kappa shape index (κ2) is 5.58. The van der Waals surface area contributed by atoms with Gasteiger partial charge in [0.1, 0.15) is 0 Å². The molecule has 0 fully saturated rings. The molecule has 1 aromatic heterocycles. The lowest BCUT2D eigenvalue weighted by Crippen LogP contribution is -2.15. The third kappa shape index (κ3) is 3.83. The van der Waals surface area contributed by atoms with Crippen LogP contribution in [0.25, 0.3) is 0 Å². The average molecular weight is 332 g/mol. The van der Waals surface area contributed by atoms with Gasteiger partial charge in [0.15, 0.2) is 0 Å². The molecule has 112 valence electrons. The molecule has 0 aliphatic carbocycles. The Labute approximate surface area is 124 Å². The number of amides is 1. The first-order chi connectivity index (χ1) is 9.76. The normalized spacial score (nSPS) is 11.1. The lowest BCUT2D eigenvalue weighted by atomic mass is 10.2. The molecule has 0 spiro atoms. The zero-order valence-corrected chi connectivity index (χ0v) is 12.2. The van der Waals surface area contributed by atoms with Gasteiger partial charge in [0.2, 0.25) is 21.5 Å². The van der Waals surface area contributed by atoms with Gasteiger partial charge in [0.05, 0.1) is 22.7 Å². The summed E-state index contributed by atoms with van der Waals surface area (Å²) in [5.74, 6) is -0.860. The molecule has 1 aromatic carbocycles. The molecular weight excluding hydrogens is 322 g/mol. The molecule has 0 aliphatic heterocycles. The van der Waals surface area contributed by atoms with Gasteiger partial charge in [-0.05, 0) is 28.5 Å². The zero-order chi connectivity index (χ0) is 15.6. The summed E-state index contributed by atoms with van der Waals surface area (Å²) in [6, 6.07) is 4.23. The molecule has 0 atom stereocenters. The van der Waals surface area contributed by atoms with Crippen LogP contribution >= 0.6 is 11.6 Å². The number of aromatic nitrogens is 2. The number of carbonyl (C=O) groups excluding carboxylic acids is 1. The van der Waals surface area contributed by atoms with E-state index in [2.05, 4.69) is 25.0 Å². The predicted molar refractivity (Wildman–Crippen MR) is 76.6 cm³/mol. The Bertz CT molecular complexity index is 788. The topological polar surface area (TPSA) is 140 Å². The van der Waals surface area contributed by atoms with Gasteiger partial charge in [0.25, 0.3) is 5.91 Å². The number of hydrogen-bond acceptors (Lipinski definition) is 7. The van der Waals surface area contributed by atoms with Crippen molar-refractivity contribution in [3.05, 3.63) is 28.9 Å². The minimum absolute atomic E-state index is 0.172. The van der Waals surface area contributed by atoms with Crippen LogP contribution in [0.4, 0.5) is 17.2 Å². The molecule has 2 aromatic rings. The Hall–Kier alpha value is -2.33. The lowest BCUT2D eigenvalue weighted by molar-refractivity contribution is 0.101. The Morgan fingerprint density at radius 2 is 2.10 bits per heavy atom. The Kier molecular flexibility index (Phi) is 4.00. The molecule has 1 heterocycles. The highest BCUT2D eigenvalue weighted by molar-refractivity contribution is 7.92. The molecule has 0 saturated carbocycles. The van der Waals surface area contributed by atoms with E-state index in [9.17, 15) is 13.2 Å². The summed E-state index contributed by atoms with van der Waals surface area (Å²) < 4.78 is 28.9. The maximum absolute atomic E-state index is 11.9. The van der Waals surface area contributed by atoms with Gasteiger partial charge in [-0.25, -0.2) is 13.0 Å². The van der Waals surface area contributed by atoms with E-state index in [1.54, 1.807) is 0 Å². The van der Waals surface area contributed by atoms with Crippen molar-refractivity contribution in [2.24, 2.45) is 0 Å². The summed E-state index contributed by atoms with van der Waals surface area (Å²) in [7, 11) is -3.45. The number of rotatable bonds is 4. The molecule has 0 aliphatic rings. The molecule has 0 bridgehead atoms. The molecule has 21 heavy (non-hydrogen) atoms. The van der Waals surface area contributed by atoms with Gasteiger partial charge < -0.3 is 11.1 Å². The van der Waals surface area contributed by atoms with Gasteiger partial charge >= 0.3 is 0 Å². The van der Waals surface area contributed by atoms with Crippen molar-refractivity contribution < 1.29 is 17.8 Å². The number of carbonyl (C=O) groups is 1. The number of benzene rings is 1. The van der Waals surface area contributed by atoms with E-state index in [1.807, 2.05) is 0 Å². The quantitative estimate of drug-likeness (QED) is 0.756. The van der Waals surface area contributed by atoms with Crippen LogP contribution in [0.2, 0.25) is 5.02 Å². The number of nitrogens with two attached hydrogens (primary N) is 1. The summed E-state index contributed by atoms with van der Waals surface area (Å²) in [5, 5.41) is 9.26. The van der Waals surface area contributed by atoms with Crippen molar-refractivity contribution in [2.75, 3.05) is 22.0 Å². The zero-order valence-electron chi connectivity index (χ0n) is 10.6. The number of anilines is 3. The molecule has 9 nitrogen and oxygen atoms in total. The van der Waals surface area contributed by atoms with Crippen molar-refractivity contribution in [3.63, 3.8) is 0 Å². The molecule has 11 heteroatoms. The molecular formula is C10H10ClN5O4S. The third-order valence-electron chi connectivity index (χ3n) is 2.25. The van der Waals surface area contributed by atoms with E-state index in [0.29, 0.717) is 0 Å². The summed E-state index contributed by atoms with van der Waals surface area (Å²) in [6.07, 6.45) is 1.00. The third-order valence-corrected chi connectivity index (χ3v) is 3.18. The van der Waals surface area contributed by atoms with Crippen LogP contribution in [0.15, 0.2) is 22.8 Å². The smallest absolute Gasteiger partial charge is 0.281 e. The lowest BCUT2D eigenvalue weighted by Gasteiger charge is -2.09. The highest BCUT2D eigenvalue weighted by atomic mass is 35.5. The number of sulfonamides is 1. The Balaban J connectivity index is 2.25. The molecule has 2 rings (SSSR count). The van der Waals surface area contributed by atoms with Crippen LogP contribution in [0.1, 0.15) is 10.5 Å². The number of hydrogen-bond donors (Lipinski definition) is 3. The summed E-state index contributed by atoms with van der Waals surface area (Å²) in [4.78, 5) is 11.9. The summed E-state index contributed by atoms with van der Waals surface area (Å²) in [5.41, 5.74) is 5.61. The summed E-state index contributed by atoms with van der Waals surface area (Å²) in [6.45, 7) is 0. The fourth-order valence-corrected chi connectivity index (χ4v) is 2.15. The van der Waals surface area contributed by atoms with E-state index >= 15 is 0 Å². The minimum Gasteiger partial charge on any atom is -0.379 e. The van der Waals surface area contributed by atoms with Gasteiger partial charge in [0, 0.05) is 0 Å². The van der Waals surface area contributed by atoms with Crippen molar-refractivity contribution >= 4 is 44.7 Å². The maximum atomic E-state index is 11.9. The van der Waals surface area contributed by atoms with Gasteiger partial charge in [-0.3, -0.25) is 9.52 Å². The molecule has 4 N–H and O–H groups in total. The van der Waals surface area contributed by atoms with Crippen LogP contribution in [-0.4, -0.2) is 30.9 Å². The molecule has 0 saturated heterocycles. The maximum Gasteiger partial charge on any atom is 0.281 e. The van der Waals surface area contributed by atoms with E-state index in [4.69, 9.17) is 17.3 Å². The number of nitrogen functional groups attached to an aromatic ring is 1. The molecule has 1 amide bonds. The van der Waals surface area contributed by atoms with Crippen LogP contribution in [0.3, 0.4) is 0 Å². The average Bonchev–Trinajstić information content (AvgIpc) is 2.78. The van der Waals surface area contributed by atoms with E-state index in [-0.39, 0.29) is 27.9 Å². The Morgan fingerprint density at radius 1 is 1.38 bits per heavy atom. The molecule has 0 unspecified atom stereocenters. The first-order valence-electron chi connectivity index (χ1n) is 5.43. The van der Waals surface area contributed by atoms with Crippen molar-refractivity contribution in [1.29, 1.82) is 0 Å². The second-order valence-corrected chi connectivity index (χ2v) is 6.18. The van der Waals surface area contributed by atoms with Gasteiger partial charge in [-0.2, -0.15) is 0 Å². The highest BCUT2D eigenvalue weighted by Crippen LogP contribution is 2.26. The number of nitrogens with zero attached hydrogens (tertiary/aromatic N) is 2. The van der Waals surface area contributed by atoms with Gasteiger partial charge in [-0.15, -0.1) is 0 Å². The largest absolute Gasteiger partial charge is 0.379 e. The van der Waals surface area contributed by atoms with E-state index < -0.39 is 15.9 Å². The summed E-state index contributed by atoms with van der Waals surface area (Å²) >= 11 is 5.93. The standard InChI is InChI=1S/C10H10ClN5O4S/c1-21(18,19)16-5-2-3-6(11)7(4-5)13-10(17)8-9(12)15-20-14-8/h2-4,16H,1H3,(H2,12,15)(H,13,17). The van der Waals surface area contributed by atoms with E-state index in [0.717, 1.165) is 6.26 Å². The van der Waals surface area contributed by atoms with Crippen molar-refractivity contribution in [2.45, 2.75) is 0 Å². The van der Waals surface area contributed by atoms with Crippen molar-refractivity contribution in [3.8, 4) is 0 Å². The first kappa shape index (κ1) is 15.1. The van der Waals surface area contributed by atoms with Crippen LogP contribution < -0.4 is 15.8 Å². The monoisotopic (exact) mass is 331 g/mol. The number of halogens is 1. The minimum atomic E-state index is -3.45. The SMILES string of the molecule is CS(=O)(=O)Nc1ccc(Cl)c(NC(=O)c2nonc2N)c1. The first-order valence-corrected chi connectivity index (χ1v) is 7.70. The van der Waals surface area contributed by atoms with E-state index in [1.165, 1.54) is 18.2 Å². The predicted octanol–water partition coefficient (Wildman–Crippen LogP) is 0.929. The van der Waals surface area contributed by atoms with Crippen LogP contribution in [0.5, 0.6) is 0 Å². The number of nitrogens with one attached hydrogen (secondary N) is 2. The second-order valence-electron chi connectivity index (χ2n) is 4.02. The van der Waals surface area contributed by atoms with Crippen LogP contribution in [-0.2, 0) is 10.0 Å². The van der Waals surface area contributed by atoms with Gasteiger partial charge in [-0.1, -0.05) is 11.6 Å². The van der Waals surface area contributed by atoms with Crippen molar-refractivity contribution in [1.82, 2.24) is 10.3 Å². The fraction of sp³-hybridized carbons (Fsp3) is 0.100. The fourth-order valence-electron chi connectivity index (χ4n) is 1.43.